The molecule has 21 heavy (non-hydrogen) atoms. The van der Waals surface area contributed by atoms with Gasteiger partial charge in [-0.2, -0.15) is 0 Å². The van der Waals surface area contributed by atoms with Gasteiger partial charge in [-0.1, -0.05) is 40.2 Å². The van der Waals surface area contributed by atoms with E-state index in [-0.39, 0.29) is 5.41 Å². The van der Waals surface area contributed by atoms with E-state index in [0.717, 1.165) is 12.5 Å². The number of hydrogen-bond acceptors (Lipinski definition) is 2. The summed E-state index contributed by atoms with van der Waals surface area (Å²) in [5, 5.41) is 3.82. The number of rotatable bonds is 5. The molecule has 1 heterocycles. The Hall–Kier alpha value is -0.890. The predicted molar refractivity (Wildman–Crippen MR) is 90.6 cm³/mol. The summed E-state index contributed by atoms with van der Waals surface area (Å²) < 4.78 is 0. The van der Waals surface area contributed by atoms with Crippen LogP contribution in [-0.2, 0) is 5.41 Å². The first kappa shape index (κ1) is 16.5. The van der Waals surface area contributed by atoms with Crippen LogP contribution in [0.25, 0.3) is 0 Å². The van der Waals surface area contributed by atoms with Gasteiger partial charge in [0.1, 0.15) is 0 Å². The molecule has 2 nitrogen and oxygen atoms in total. The molecular formula is C19H32N2. The van der Waals surface area contributed by atoms with Crippen LogP contribution >= 0.6 is 0 Å². The fraction of sp³-hybridized carbons (Fsp3) is 0.737. The Morgan fingerprint density at radius 1 is 1.29 bits per heavy atom. The lowest BCUT2D eigenvalue weighted by atomic mass is 9.64. The first-order valence-corrected chi connectivity index (χ1v) is 8.60. The smallest absolute Gasteiger partial charge is 0.0305 e. The highest BCUT2D eigenvalue weighted by Gasteiger charge is 2.39. The normalized spacial score (nSPS) is 26.8. The number of nitrogens with zero attached hydrogens (tertiary/aromatic N) is 1. The second-order valence-corrected chi connectivity index (χ2v) is 7.56. The second kappa shape index (κ2) is 6.91. The van der Waals surface area contributed by atoms with Crippen molar-refractivity contribution in [3.05, 3.63) is 29.6 Å². The van der Waals surface area contributed by atoms with Gasteiger partial charge in [0.2, 0.25) is 0 Å². The van der Waals surface area contributed by atoms with Gasteiger partial charge in [0.05, 0.1) is 0 Å². The average Bonchev–Trinajstić information content (AvgIpc) is 2.45. The molecule has 1 aromatic rings. The minimum atomic E-state index is 0.185. The van der Waals surface area contributed by atoms with Crippen molar-refractivity contribution in [2.24, 2.45) is 11.8 Å². The van der Waals surface area contributed by atoms with E-state index in [1.165, 1.54) is 36.8 Å². The Kier molecular flexibility index (Phi) is 5.43. The van der Waals surface area contributed by atoms with Gasteiger partial charge in [-0.15, -0.1) is 0 Å². The molecule has 2 heteroatoms. The van der Waals surface area contributed by atoms with Crippen molar-refractivity contribution < 1.29 is 0 Å². The molecule has 0 spiro atoms. The van der Waals surface area contributed by atoms with Crippen molar-refractivity contribution in [3.63, 3.8) is 0 Å². The van der Waals surface area contributed by atoms with Crippen LogP contribution < -0.4 is 5.32 Å². The first-order valence-electron chi connectivity index (χ1n) is 8.60. The Morgan fingerprint density at radius 3 is 2.71 bits per heavy atom. The quantitative estimate of drug-likeness (QED) is 0.864. The molecule has 3 unspecified atom stereocenters. The van der Waals surface area contributed by atoms with Crippen LogP contribution in [0.2, 0.25) is 0 Å². The summed E-state index contributed by atoms with van der Waals surface area (Å²) in [5.41, 5.74) is 2.85. The lowest BCUT2D eigenvalue weighted by Gasteiger charge is -2.45. The van der Waals surface area contributed by atoms with Crippen molar-refractivity contribution in [1.29, 1.82) is 0 Å². The van der Waals surface area contributed by atoms with Gasteiger partial charge in [0.25, 0.3) is 0 Å². The average molecular weight is 288 g/mol. The fourth-order valence-electron chi connectivity index (χ4n) is 3.92. The van der Waals surface area contributed by atoms with Crippen molar-refractivity contribution in [2.45, 2.75) is 71.8 Å². The Labute approximate surface area is 130 Å². The van der Waals surface area contributed by atoms with Crippen molar-refractivity contribution in [1.82, 2.24) is 10.3 Å². The number of pyridine rings is 1. The van der Waals surface area contributed by atoms with Gasteiger partial charge in [-0.25, -0.2) is 0 Å². The molecule has 0 radical (unpaired) electrons. The Morgan fingerprint density at radius 2 is 2.05 bits per heavy atom. The summed E-state index contributed by atoms with van der Waals surface area (Å²) in [4.78, 5) is 4.43. The monoisotopic (exact) mass is 288 g/mol. The van der Waals surface area contributed by atoms with Gasteiger partial charge in [-0.05, 0) is 61.1 Å². The van der Waals surface area contributed by atoms with Gasteiger partial charge in [0.15, 0.2) is 0 Å². The fourth-order valence-corrected chi connectivity index (χ4v) is 3.92. The zero-order valence-electron chi connectivity index (χ0n) is 14.4. The summed E-state index contributed by atoms with van der Waals surface area (Å²) in [6.45, 7) is 12.7. The lowest BCUT2D eigenvalue weighted by Crippen LogP contribution is -2.48. The molecule has 1 aromatic heterocycles. The maximum atomic E-state index is 4.43. The molecule has 0 bridgehead atoms. The second-order valence-electron chi connectivity index (χ2n) is 7.56. The standard InChI is InChI=1S/C19H32N2/c1-6-9-21-18-11-14(2)7-8-17(18)19(4,5)16-10-15(3)12-20-13-16/h10,12-14,17-18,21H,6-9,11H2,1-5H3. The molecule has 0 aliphatic heterocycles. The van der Waals surface area contributed by atoms with Crippen LogP contribution in [0.4, 0.5) is 0 Å². The topological polar surface area (TPSA) is 24.9 Å². The van der Waals surface area contributed by atoms with Gasteiger partial charge >= 0.3 is 0 Å². The molecule has 118 valence electrons. The van der Waals surface area contributed by atoms with Crippen molar-refractivity contribution >= 4 is 0 Å². The minimum Gasteiger partial charge on any atom is -0.314 e. The Bertz CT molecular complexity index is 453. The van der Waals surface area contributed by atoms with Gasteiger partial charge in [0, 0.05) is 18.4 Å². The number of aromatic nitrogens is 1. The minimum absolute atomic E-state index is 0.185. The highest BCUT2D eigenvalue weighted by molar-refractivity contribution is 5.26. The third-order valence-corrected chi connectivity index (χ3v) is 5.31. The molecule has 0 saturated heterocycles. The summed E-state index contributed by atoms with van der Waals surface area (Å²) in [6.07, 6.45) is 9.23. The molecule has 1 aliphatic rings. The predicted octanol–water partition coefficient (Wildman–Crippen LogP) is 4.47. The van der Waals surface area contributed by atoms with Crippen LogP contribution in [0.15, 0.2) is 18.5 Å². The van der Waals surface area contributed by atoms with E-state index in [1.54, 1.807) is 0 Å². The van der Waals surface area contributed by atoms with E-state index < -0.39 is 0 Å². The zero-order valence-corrected chi connectivity index (χ0v) is 14.4. The number of nitrogens with one attached hydrogen (secondary N) is 1. The van der Waals surface area contributed by atoms with Gasteiger partial charge in [-0.3, -0.25) is 4.98 Å². The van der Waals surface area contributed by atoms with Crippen LogP contribution in [0.3, 0.4) is 0 Å². The van der Waals surface area contributed by atoms with Gasteiger partial charge < -0.3 is 5.32 Å². The van der Waals surface area contributed by atoms with Crippen molar-refractivity contribution in [2.75, 3.05) is 6.54 Å². The number of aryl methyl sites for hydroxylation is 1. The van der Waals surface area contributed by atoms with Crippen LogP contribution in [0.5, 0.6) is 0 Å². The molecule has 2 rings (SSSR count). The maximum absolute atomic E-state index is 4.43. The largest absolute Gasteiger partial charge is 0.314 e. The maximum Gasteiger partial charge on any atom is 0.0305 e. The SMILES string of the molecule is CCCNC1CC(C)CCC1C(C)(C)c1cncc(C)c1. The first-order chi connectivity index (χ1) is 9.95. The summed E-state index contributed by atoms with van der Waals surface area (Å²) in [5.74, 6) is 1.55. The third kappa shape index (κ3) is 3.85. The lowest BCUT2D eigenvalue weighted by molar-refractivity contribution is 0.145. The van der Waals surface area contributed by atoms with Crippen LogP contribution in [-0.4, -0.2) is 17.6 Å². The molecule has 1 saturated carbocycles. The molecule has 3 atom stereocenters. The van der Waals surface area contributed by atoms with Crippen LogP contribution in [0.1, 0.15) is 64.5 Å². The molecule has 1 N–H and O–H groups in total. The molecular weight excluding hydrogens is 256 g/mol. The molecule has 0 amide bonds. The van der Waals surface area contributed by atoms with E-state index in [9.17, 15) is 0 Å². The number of hydrogen-bond donors (Lipinski definition) is 1. The molecule has 1 fully saturated rings. The van der Waals surface area contributed by atoms with E-state index in [0.29, 0.717) is 12.0 Å². The van der Waals surface area contributed by atoms with E-state index in [2.05, 4.69) is 57.2 Å². The highest BCUT2D eigenvalue weighted by atomic mass is 14.9. The van der Waals surface area contributed by atoms with E-state index in [1.807, 2.05) is 6.20 Å². The van der Waals surface area contributed by atoms with E-state index >= 15 is 0 Å². The van der Waals surface area contributed by atoms with E-state index in [4.69, 9.17) is 0 Å². The van der Waals surface area contributed by atoms with Crippen LogP contribution in [0, 0.1) is 18.8 Å². The summed E-state index contributed by atoms with van der Waals surface area (Å²) in [7, 11) is 0. The molecule has 0 aromatic carbocycles. The van der Waals surface area contributed by atoms with Crippen molar-refractivity contribution in [3.8, 4) is 0 Å². The summed E-state index contributed by atoms with van der Waals surface area (Å²) in [6, 6.07) is 2.96. The summed E-state index contributed by atoms with van der Waals surface area (Å²) >= 11 is 0. The third-order valence-electron chi connectivity index (χ3n) is 5.31. The highest BCUT2D eigenvalue weighted by Crippen LogP contribution is 2.42. The Balaban J connectivity index is 2.22. The zero-order chi connectivity index (χ0) is 15.5. The molecule has 1 aliphatic carbocycles.